The van der Waals surface area contributed by atoms with Gasteiger partial charge in [-0.15, -0.1) is 0 Å². The minimum absolute atomic E-state index is 0.216. The average Bonchev–Trinajstić information content (AvgIpc) is 2.87. The molecule has 9 nitrogen and oxygen atoms in total. The van der Waals surface area contributed by atoms with Crippen LogP contribution in [0.15, 0.2) is 71.8 Å². The van der Waals surface area contributed by atoms with Gasteiger partial charge in [-0.1, -0.05) is 36.4 Å². The van der Waals surface area contributed by atoms with Gasteiger partial charge in [-0.2, -0.15) is 5.10 Å². The number of hydrazone groups is 1. The van der Waals surface area contributed by atoms with Gasteiger partial charge >= 0.3 is 11.8 Å². The maximum atomic E-state index is 12.4. The Balaban J connectivity index is 1.56. The highest BCUT2D eigenvalue weighted by molar-refractivity contribution is 6.39. The maximum absolute atomic E-state index is 12.4. The van der Waals surface area contributed by atoms with Crippen molar-refractivity contribution in [3.05, 3.63) is 83.4 Å². The number of aryl methyl sites for hydroxylation is 2. The summed E-state index contributed by atoms with van der Waals surface area (Å²) >= 11 is 0. The van der Waals surface area contributed by atoms with Crippen LogP contribution >= 0.6 is 0 Å². The Morgan fingerprint density at radius 3 is 2.33 bits per heavy atom. The molecule has 0 heterocycles. The van der Waals surface area contributed by atoms with Crippen LogP contribution < -0.4 is 25.5 Å². The highest BCUT2D eigenvalue weighted by Crippen LogP contribution is 2.23. The Bertz CT molecular complexity index is 1270. The predicted octanol–water partition coefficient (Wildman–Crippen LogP) is 3.81. The molecule has 3 N–H and O–H groups in total. The number of nitrogens with zero attached hydrogens (tertiary/aromatic N) is 1. The molecule has 3 aromatic carbocycles. The zero-order chi connectivity index (χ0) is 25.9. The minimum Gasteiger partial charge on any atom is -0.492 e. The van der Waals surface area contributed by atoms with E-state index >= 15 is 0 Å². The minimum atomic E-state index is -0.955. The van der Waals surface area contributed by atoms with E-state index in [1.54, 1.807) is 48.5 Å². The molecule has 0 aliphatic rings. The molecule has 0 aromatic heterocycles. The highest BCUT2D eigenvalue weighted by atomic mass is 16.5. The fourth-order valence-corrected chi connectivity index (χ4v) is 3.16. The van der Waals surface area contributed by atoms with Crippen molar-refractivity contribution in [3.63, 3.8) is 0 Å². The number of nitrogens with one attached hydrogen (secondary N) is 3. The standard InChI is InChI=1S/C27H28N4O5/c1-4-35-24-12-8-6-10-21(24)30-26(33)27(34)31-28-16-20-9-5-7-11-23(20)36-17-25(32)29-22-15-18(2)13-14-19(22)3/h5-16H,4,17H2,1-3H3,(H,29,32)(H,30,33)(H,31,34)/b28-16-. The number of para-hydroxylation sites is 3. The van der Waals surface area contributed by atoms with Crippen molar-refractivity contribution in [1.82, 2.24) is 5.43 Å². The quantitative estimate of drug-likeness (QED) is 0.241. The fraction of sp³-hybridized carbons (Fsp3) is 0.185. The second-order valence-electron chi connectivity index (χ2n) is 7.78. The molecule has 3 rings (SSSR count). The van der Waals surface area contributed by atoms with Crippen LogP contribution in [0.1, 0.15) is 23.6 Å². The lowest BCUT2D eigenvalue weighted by Gasteiger charge is -2.11. The molecule has 0 aliphatic heterocycles. The number of amides is 3. The number of benzene rings is 3. The van der Waals surface area contributed by atoms with E-state index in [0.29, 0.717) is 29.4 Å². The summed E-state index contributed by atoms with van der Waals surface area (Å²) in [6, 6.07) is 19.5. The van der Waals surface area contributed by atoms with E-state index in [2.05, 4.69) is 21.2 Å². The molecule has 0 fully saturated rings. The second kappa shape index (κ2) is 12.7. The Hall–Kier alpha value is -4.66. The number of rotatable bonds is 9. The summed E-state index contributed by atoms with van der Waals surface area (Å²) in [5.41, 5.74) is 5.78. The summed E-state index contributed by atoms with van der Waals surface area (Å²) in [4.78, 5) is 36.8. The molecule has 3 amide bonds. The molecule has 36 heavy (non-hydrogen) atoms. The van der Waals surface area contributed by atoms with Crippen LogP contribution in [-0.2, 0) is 14.4 Å². The normalized spacial score (nSPS) is 10.5. The van der Waals surface area contributed by atoms with Crippen LogP contribution in [0.2, 0.25) is 0 Å². The van der Waals surface area contributed by atoms with Gasteiger partial charge < -0.3 is 20.1 Å². The first-order valence-corrected chi connectivity index (χ1v) is 11.3. The predicted molar refractivity (Wildman–Crippen MR) is 138 cm³/mol. The second-order valence-corrected chi connectivity index (χ2v) is 7.78. The van der Waals surface area contributed by atoms with Crippen molar-refractivity contribution < 1.29 is 23.9 Å². The number of hydrogen-bond acceptors (Lipinski definition) is 6. The summed E-state index contributed by atoms with van der Waals surface area (Å²) in [6.07, 6.45) is 1.33. The monoisotopic (exact) mass is 488 g/mol. The van der Waals surface area contributed by atoms with Crippen LogP contribution in [-0.4, -0.2) is 37.1 Å². The largest absolute Gasteiger partial charge is 0.492 e. The summed E-state index contributed by atoms with van der Waals surface area (Å²) in [6.45, 7) is 5.88. The van der Waals surface area contributed by atoms with Gasteiger partial charge in [0.25, 0.3) is 5.91 Å². The Morgan fingerprint density at radius 1 is 0.833 bits per heavy atom. The molecule has 9 heteroatoms. The number of carbonyl (C=O) groups is 3. The molecule has 0 saturated heterocycles. The molecular weight excluding hydrogens is 460 g/mol. The topological polar surface area (TPSA) is 118 Å². The zero-order valence-electron chi connectivity index (χ0n) is 20.3. The highest BCUT2D eigenvalue weighted by Gasteiger charge is 2.15. The fourth-order valence-electron chi connectivity index (χ4n) is 3.16. The van der Waals surface area contributed by atoms with Crippen LogP contribution in [0.3, 0.4) is 0 Å². The number of anilines is 2. The number of ether oxygens (including phenoxy) is 2. The molecule has 186 valence electrons. The SMILES string of the molecule is CCOc1ccccc1NC(=O)C(=O)N/N=C\c1ccccc1OCC(=O)Nc1cc(C)ccc1C. The molecule has 3 aromatic rings. The van der Waals surface area contributed by atoms with Gasteiger partial charge in [-0.25, -0.2) is 5.43 Å². The van der Waals surface area contributed by atoms with Crippen LogP contribution in [0.4, 0.5) is 11.4 Å². The van der Waals surface area contributed by atoms with Crippen LogP contribution in [0.25, 0.3) is 0 Å². The first-order valence-electron chi connectivity index (χ1n) is 11.3. The van der Waals surface area contributed by atoms with E-state index < -0.39 is 11.8 Å². The molecule has 0 unspecified atom stereocenters. The third-order valence-corrected chi connectivity index (χ3v) is 4.96. The van der Waals surface area contributed by atoms with Gasteiger partial charge in [0, 0.05) is 11.3 Å². The van der Waals surface area contributed by atoms with E-state index in [9.17, 15) is 14.4 Å². The van der Waals surface area contributed by atoms with Gasteiger partial charge in [0.05, 0.1) is 18.5 Å². The summed E-state index contributed by atoms with van der Waals surface area (Å²) in [5.74, 6) is -1.32. The zero-order valence-corrected chi connectivity index (χ0v) is 20.3. The number of hydrogen-bond donors (Lipinski definition) is 3. The first-order chi connectivity index (χ1) is 17.4. The van der Waals surface area contributed by atoms with E-state index in [-0.39, 0.29) is 12.5 Å². The number of carbonyl (C=O) groups excluding carboxylic acids is 3. The molecule has 0 spiro atoms. The lowest BCUT2D eigenvalue weighted by Crippen LogP contribution is -2.32. The van der Waals surface area contributed by atoms with Crippen molar-refractivity contribution in [2.75, 3.05) is 23.8 Å². The molecule has 0 radical (unpaired) electrons. The van der Waals surface area contributed by atoms with Crippen LogP contribution in [0, 0.1) is 13.8 Å². The molecule has 0 bridgehead atoms. The molecule has 0 aliphatic carbocycles. The lowest BCUT2D eigenvalue weighted by atomic mass is 10.1. The third kappa shape index (κ3) is 7.42. The molecular formula is C27H28N4O5. The van der Waals surface area contributed by atoms with Crippen molar-refractivity contribution in [1.29, 1.82) is 0 Å². The Morgan fingerprint density at radius 2 is 1.56 bits per heavy atom. The summed E-state index contributed by atoms with van der Waals surface area (Å²) < 4.78 is 11.1. The van der Waals surface area contributed by atoms with Gasteiger partial charge in [0.2, 0.25) is 0 Å². The van der Waals surface area contributed by atoms with E-state index in [4.69, 9.17) is 9.47 Å². The van der Waals surface area contributed by atoms with E-state index in [0.717, 1.165) is 16.8 Å². The Labute approximate surface area is 209 Å². The molecule has 0 atom stereocenters. The average molecular weight is 489 g/mol. The van der Waals surface area contributed by atoms with Gasteiger partial charge in [-0.3, -0.25) is 14.4 Å². The smallest absolute Gasteiger partial charge is 0.329 e. The van der Waals surface area contributed by atoms with Gasteiger partial charge in [-0.05, 0) is 62.2 Å². The van der Waals surface area contributed by atoms with Crippen molar-refractivity contribution in [2.24, 2.45) is 5.10 Å². The van der Waals surface area contributed by atoms with E-state index in [1.807, 2.05) is 39.0 Å². The van der Waals surface area contributed by atoms with Crippen LogP contribution in [0.5, 0.6) is 11.5 Å². The van der Waals surface area contributed by atoms with Crippen molar-refractivity contribution >= 4 is 35.3 Å². The summed E-state index contributed by atoms with van der Waals surface area (Å²) in [7, 11) is 0. The maximum Gasteiger partial charge on any atom is 0.329 e. The third-order valence-electron chi connectivity index (χ3n) is 4.96. The van der Waals surface area contributed by atoms with Gasteiger partial charge in [0.15, 0.2) is 6.61 Å². The Kier molecular flexibility index (Phi) is 9.16. The van der Waals surface area contributed by atoms with E-state index in [1.165, 1.54) is 6.21 Å². The van der Waals surface area contributed by atoms with Gasteiger partial charge in [0.1, 0.15) is 11.5 Å². The summed E-state index contributed by atoms with van der Waals surface area (Å²) in [5, 5.41) is 9.17. The van der Waals surface area contributed by atoms with Crippen molar-refractivity contribution in [2.45, 2.75) is 20.8 Å². The first kappa shape index (κ1) is 26.0. The lowest BCUT2D eigenvalue weighted by molar-refractivity contribution is -0.136. The molecule has 0 saturated carbocycles. The van der Waals surface area contributed by atoms with Crippen molar-refractivity contribution in [3.8, 4) is 11.5 Å².